The van der Waals surface area contributed by atoms with Gasteiger partial charge in [0.1, 0.15) is 5.75 Å². The molecule has 1 aliphatic rings. The van der Waals surface area contributed by atoms with Crippen LogP contribution in [0.2, 0.25) is 0 Å². The van der Waals surface area contributed by atoms with Gasteiger partial charge < -0.3 is 15.0 Å². The number of nitrogens with one attached hydrogen (secondary N) is 1. The zero-order valence-electron chi connectivity index (χ0n) is 13.2. The molecule has 0 bridgehead atoms. The lowest BCUT2D eigenvalue weighted by Gasteiger charge is -2.32. The summed E-state index contributed by atoms with van der Waals surface area (Å²) in [6.07, 6.45) is 5.04. The molecule has 1 aromatic rings. The molecule has 1 aliphatic heterocycles. The Balaban J connectivity index is 1.87. The van der Waals surface area contributed by atoms with Crippen molar-refractivity contribution in [2.24, 2.45) is 0 Å². The lowest BCUT2D eigenvalue weighted by Crippen LogP contribution is -2.42. The van der Waals surface area contributed by atoms with Crippen LogP contribution in [0.3, 0.4) is 0 Å². The van der Waals surface area contributed by atoms with Crippen LogP contribution < -0.4 is 10.1 Å². The number of halogens is 1. The standard InChI is InChI=1S/C17H27BrN2O/c1-3-10-21-17-8-7-15(18)11-14(17)12-19-13-16-6-4-5-9-20(16)2/h7-8,11,16,19H,3-6,9-10,12-13H2,1-2H3. The lowest BCUT2D eigenvalue weighted by atomic mass is 10.0. The van der Waals surface area contributed by atoms with Gasteiger partial charge in [0.25, 0.3) is 0 Å². The summed E-state index contributed by atoms with van der Waals surface area (Å²) in [5.74, 6) is 1.00. The molecule has 1 unspecified atom stereocenters. The highest BCUT2D eigenvalue weighted by Crippen LogP contribution is 2.23. The number of hydrogen-bond acceptors (Lipinski definition) is 3. The van der Waals surface area contributed by atoms with E-state index in [1.807, 2.05) is 6.07 Å². The van der Waals surface area contributed by atoms with E-state index in [0.29, 0.717) is 6.04 Å². The molecule has 0 spiro atoms. The van der Waals surface area contributed by atoms with Crippen molar-refractivity contribution in [1.29, 1.82) is 0 Å². The molecule has 1 fully saturated rings. The minimum atomic E-state index is 0.672. The second kappa shape index (κ2) is 8.76. The van der Waals surface area contributed by atoms with E-state index in [0.717, 1.165) is 36.3 Å². The second-order valence-electron chi connectivity index (χ2n) is 5.86. The van der Waals surface area contributed by atoms with Crippen LogP contribution in [-0.2, 0) is 6.54 Å². The van der Waals surface area contributed by atoms with Crippen LogP contribution in [0.15, 0.2) is 22.7 Å². The van der Waals surface area contributed by atoms with Crippen molar-refractivity contribution in [3.05, 3.63) is 28.2 Å². The normalized spacial score (nSPS) is 19.7. The molecule has 0 aliphatic carbocycles. The third-order valence-corrected chi connectivity index (χ3v) is 4.59. The molecule has 4 heteroatoms. The Bertz CT molecular complexity index is 439. The Hall–Kier alpha value is -0.580. The van der Waals surface area contributed by atoms with Crippen LogP contribution in [0.5, 0.6) is 5.75 Å². The third kappa shape index (κ3) is 5.28. The Morgan fingerprint density at radius 3 is 3.00 bits per heavy atom. The van der Waals surface area contributed by atoms with Crippen LogP contribution in [0.4, 0.5) is 0 Å². The van der Waals surface area contributed by atoms with Crippen molar-refractivity contribution >= 4 is 15.9 Å². The first kappa shape index (κ1) is 16.8. The Labute approximate surface area is 137 Å². The average Bonchev–Trinajstić information content (AvgIpc) is 2.48. The first-order valence-electron chi connectivity index (χ1n) is 8.03. The molecule has 0 radical (unpaired) electrons. The number of ether oxygens (including phenoxy) is 1. The summed E-state index contributed by atoms with van der Waals surface area (Å²) >= 11 is 3.55. The van der Waals surface area contributed by atoms with Gasteiger partial charge in [0, 0.05) is 29.2 Å². The number of hydrogen-bond donors (Lipinski definition) is 1. The van der Waals surface area contributed by atoms with E-state index < -0.39 is 0 Å². The summed E-state index contributed by atoms with van der Waals surface area (Å²) in [6.45, 7) is 6.06. The van der Waals surface area contributed by atoms with Gasteiger partial charge in [-0.1, -0.05) is 29.3 Å². The van der Waals surface area contributed by atoms with Gasteiger partial charge in [0.05, 0.1) is 6.61 Å². The molecule has 0 saturated carbocycles. The highest BCUT2D eigenvalue weighted by Gasteiger charge is 2.18. The summed E-state index contributed by atoms with van der Waals surface area (Å²) in [5.41, 5.74) is 1.23. The van der Waals surface area contributed by atoms with E-state index in [1.165, 1.54) is 31.4 Å². The fourth-order valence-corrected chi connectivity index (χ4v) is 3.22. The molecular weight excluding hydrogens is 328 g/mol. The van der Waals surface area contributed by atoms with Gasteiger partial charge in [0.2, 0.25) is 0 Å². The Morgan fingerprint density at radius 2 is 2.24 bits per heavy atom. The van der Waals surface area contributed by atoms with Crippen LogP contribution in [0.1, 0.15) is 38.2 Å². The van der Waals surface area contributed by atoms with E-state index in [4.69, 9.17) is 4.74 Å². The van der Waals surface area contributed by atoms with Gasteiger partial charge >= 0.3 is 0 Å². The second-order valence-corrected chi connectivity index (χ2v) is 6.78. The maximum Gasteiger partial charge on any atom is 0.123 e. The SMILES string of the molecule is CCCOc1ccc(Br)cc1CNCC1CCCCN1C. The van der Waals surface area contributed by atoms with Gasteiger partial charge in [-0.15, -0.1) is 0 Å². The van der Waals surface area contributed by atoms with E-state index in [9.17, 15) is 0 Å². The van der Waals surface area contributed by atoms with Gasteiger partial charge in [-0.2, -0.15) is 0 Å². The van der Waals surface area contributed by atoms with E-state index in [2.05, 4.69) is 52.3 Å². The van der Waals surface area contributed by atoms with Crippen LogP contribution >= 0.6 is 15.9 Å². The summed E-state index contributed by atoms with van der Waals surface area (Å²) < 4.78 is 6.94. The van der Waals surface area contributed by atoms with E-state index in [1.54, 1.807) is 0 Å². The van der Waals surface area contributed by atoms with Gasteiger partial charge in [0.15, 0.2) is 0 Å². The number of benzene rings is 1. The summed E-state index contributed by atoms with van der Waals surface area (Å²) in [7, 11) is 2.24. The largest absolute Gasteiger partial charge is 0.493 e. The summed E-state index contributed by atoms with van der Waals surface area (Å²) in [6, 6.07) is 6.93. The zero-order valence-corrected chi connectivity index (χ0v) is 14.8. The molecule has 0 aromatic heterocycles. The van der Waals surface area contributed by atoms with Crippen LogP contribution in [0, 0.1) is 0 Å². The minimum Gasteiger partial charge on any atom is -0.493 e. The van der Waals surface area contributed by atoms with Crippen molar-refractivity contribution in [1.82, 2.24) is 10.2 Å². The minimum absolute atomic E-state index is 0.672. The smallest absolute Gasteiger partial charge is 0.123 e. The van der Waals surface area contributed by atoms with Crippen molar-refractivity contribution in [3.63, 3.8) is 0 Å². The molecule has 118 valence electrons. The maximum atomic E-state index is 5.83. The average molecular weight is 355 g/mol. The Morgan fingerprint density at radius 1 is 1.38 bits per heavy atom. The highest BCUT2D eigenvalue weighted by atomic mass is 79.9. The number of rotatable bonds is 7. The predicted octanol–water partition coefficient (Wildman–Crippen LogP) is 3.81. The molecule has 0 amide bonds. The number of piperidine rings is 1. The van der Waals surface area contributed by atoms with Gasteiger partial charge in [-0.05, 0) is 51.1 Å². The first-order valence-corrected chi connectivity index (χ1v) is 8.82. The van der Waals surface area contributed by atoms with E-state index in [-0.39, 0.29) is 0 Å². The van der Waals surface area contributed by atoms with Gasteiger partial charge in [-0.25, -0.2) is 0 Å². The fourth-order valence-electron chi connectivity index (χ4n) is 2.81. The molecule has 21 heavy (non-hydrogen) atoms. The highest BCUT2D eigenvalue weighted by molar-refractivity contribution is 9.10. The monoisotopic (exact) mass is 354 g/mol. The van der Waals surface area contributed by atoms with Crippen molar-refractivity contribution in [2.75, 3.05) is 26.7 Å². The van der Waals surface area contributed by atoms with Crippen LogP contribution in [0.25, 0.3) is 0 Å². The molecular formula is C17H27BrN2O. The topological polar surface area (TPSA) is 24.5 Å². The molecule has 3 nitrogen and oxygen atoms in total. The quantitative estimate of drug-likeness (QED) is 0.805. The van der Waals surface area contributed by atoms with E-state index >= 15 is 0 Å². The first-order chi connectivity index (χ1) is 10.2. The molecule has 2 rings (SSSR count). The van der Waals surface area contributed by atoms with Gasteiger partial charge in [-0.3, -0.25) is 0 Å². The predicted molar refractivity (Wildman–Crippen MR) is 91.9 cm³/mol. The van der Waals surface area contributed by atoms with Crippen molar-refractivity contribution in [2.45, 2.75) is 45.2 Å². The molecule has 1 heterocycles. The van der Waals surface area contributed by atoms with Crippen LogP contribution in [-0.4, -0.2) is 37.7 Å². The molecule has 1 atom stereocenters. The molecule has 1 saturated heterocycles. The van der Waals surface area contributed by atoms with Crippen molar-refractivity contribution < 1.29 is 4.74 Å². The lowest BCUT2D eigenvalue weighted by molar-refractivity contribution is 0.181. The van der Waals surface area contributed by atoms with Crippen molar-refractivity contribution in [3.8, 4) is 5.75 Å². The Kier molecular flexibility index (Phi) is 7.00. The number of likely N-dealkylation sites (N-methyl/N-ethyl adjacent to an activating group) is 1. The fraction of sp³-hybridized carbons (Fsp3) is 0.647. The number of nitrogens with zero attached hydrogens (tertiary/aromatic N) is 1. The summed E-state index contributed by atoms with van der Waals surface area (Å²) in [5, 5.41) is 3.60. The molecule has 1 aromatic carbocycles. The zero-order chi connectivity index (χ0) is 15.1. The molecule has 1 N–H and O–H groups in total. The third-order valence-electron chi connectivity index (χ3n) is 4.10. The maximum absolute atomic E-state index is 5.83. The number of likely N-dealkylation sites (tertiary alicyclic amines) is 1. The summed E-state index contributed by atoms with van der Waals surface area (Å²) in [4.78, 5) is 2.48.